The normalized spacial score (nSPS) is 18.9. The summed E-state index contributed by atoms with van der Waals surface area (Å²) in [7, 11) is 0. The third kappa shape index (κ3) is 3.56. The van der Waals surface area contributed by atoms with Gasteiger partial charge in [0.25, 0.3) is 5.91 Å². The number of carbonyl (C=O) groups excluding carboxylic acids is 1. The van der Waals surface area contributed by atoms with Crippen LogP contribution >= 0.6 is 0 Å². The summed E-state index contributed by atoms with van der Waals surface area (Å²) in [6.45, 7) is 1.12. The SMILES string of the molecule is O=C(O)CCC1CCCN(C(=O)c2ccccc2F)C1. The highest BCUT2D eigenvalue weighted by molar-refractivity contribution is 5.94. The molecule has 4 nitrogen and oxygen atoms in total. The van der Waals surface area contributed by atoms with Gasteiger partial charge in [0.1, 0.15) is 5.82 Å². The fraction of sp³-hybridized carbons (Fsp3) is 0.467. The van der Waals surface area contributed by atoms with Crippen LogP contribution in [0, 0.1) is 11.7 Å². The molecular formula is C15H18FNO3. The van der Waals surface area contributed by atoms with Gasteiger partial charge < -0.3 is 10.0 Å². The number of likely N-dealkylation sites (tertiary alicyclic amines) is 1. The third-order valence-electron chi connectivity index (χ3n) is 3.68. The van der Waals surface area contributed by atoms with Crippen molar-refractivity contribution in [3.8, 4) is 0 Å². The van der Waals surface area contributed by atoms with E-state index in [9.17, 15) is 14.0 Å². The predicted molar refractivity (Wildman–Crippen MR) is 71.9 cm³/mol. The average molecular weight is 279 g/mol. The van der Waals surface area contributed by atoms with Crippen molar-refractivity contribution in [1.82, 2.24) is 4.90 Å². The number of benzene rings is 1. The summed E-state index contributed by atoms with van der Waals surface area (Å²) in [5, 5.41) is 8.70. The fourth-order valence-corrected chi connectivity index (χ4v) is 2.62. The molecule has 0 aliphatic carbocycles. The molecule has 1 amide bonds. The van der Waals surface area contributed by atoms with Gasteiger partial charge in [-0.2, -0.15) is 0 Å². The Labute approximate surface area is 117 Å². The van der Waals surface area contributed by atoms with Gasteiger partial charge in [0.05, 0.1) is 5.56 Å². The van der Waals surface area contributed by atoms with Crippen LogP contribution < -0.4 is 0 Å². The zero-order chi connectivity index (χ0) is 14.5. The average Bonchev–Trinajstić information content (AvgIpc) is 2.45. The molecule has 0 spiro atoms. The van der Waals surface area contributed by atoms with Crippen molar-refractivity contribution in [2.24, 2.45) is 5.92 Å². The van der Waals surface area contributed by atoms with Gasteiger partial charge >= 0.3 is 5.97 Å². The summed E-state index contributed by atoms with van der Waals surface area (Å²) in [4.78, 5) is 24.5. The van der Waals surface area contributed by atoms with Gasteiger partial charge in [-0.1, -0.05) is 12.1 Å². The van der Waals surface area contributed by atoms with E-state index in [4.69, 9.17) is 5.11 Å². The first kappa shape index (κ1) is 14.5. The molecule has 1 aliphatic rings. The van der Waals surface area contributed by atoms with Crippen molar-refractivity contribution in [3.63, 3.8) is 0 Å². The second-order valence-electron chi connectivity index (χ2n) is 5.17. The molecule has 1 saturated heterocycles. The number of carboxylic acid groups (broad SMARTS) is 1. The summed E-state index contributed by atoms with van der Waals surface area (Å²) in [6.07, 6.45) is 2.45. The van der Waals surface area contributed by atoms with Gasteiger partial charge in [-0.15, -0.1) is 0 Å². The molecule has 1 aromatic rings. The van der Waals surface area contributed by atoms with Crippen LogP contribution in [0.1, 0.15) is 36.0 Å². The number of aliphatic carboxylic acids is 1. The molecule has 1 N–H and O–H groups in total. The molecule has 1 atom stereocenters. The first-order chi connectivity index (χ1) is 9.58. The number of hydrogen-bond acceptors (Lipinski definition) is 2. The molecule has 1 fully saturated rings. The van der Waals surface area contributed by atoms with Crippen molar-refractivity contribution in [2.45, 2.75) is 25.7 Å². The fourth-order valence-electron chi connectivity index (χ4n) is 2.62. The highest BCUT2D eigenvalue weighted by Gasteiger charge is 2.26. The topological polar surface area (TPSA) is 57.6 Å². The second kappa shape index (κ2) is 6.50. The van der Waals surface area contributed by atoms with Crippen molar-refractivity contribution in [1.29, 1.82) is 0 Å². The number of hydrogen-bond donors (Lipinski definition) is 1. The summed E-state index contributed by atoms with van der Waals surface area (Å²) in [5.41, 5.74) is 0.0892. The van der Waals surface area contributed by atoms with E-state index in [1.165, 1.54) is 12.1 Å². The van der Waals surface area contributed by atoms with Crippen LogP contribution in [0.5, 0.6) is 0 Å². The molecule has 0 aromatic heterocycles. The second-order valence-corrected chi connectivity index (χ2v) is 5.17. The predicted octanol–water partition coefficient (Wildman–Crippen LogP) is 2.54. The summed E-state index contributed by atoms with van der Waals surface area (Å²) >= 11 is 0. The Balaban J connectivity index is 2.00. The molecule has 1 aromatic carbocycles. The van der Waals surface area contributed by atoms with Gasteiger partial charge in [0.2, 0.25) is 0 Å². The Bertz CT molecular complexity index is 504. The molecule has 5 heteroatoms. The van der Waals surface area contributed by atoms with E-state index in [1.54, 1.807) is 17.0 Å². The standard InChI is InChI=1S/C15H18FNO3/c16-13-6-2-1-5-12(13)15(20)17-9-3-4-11(10-17)7-8-14(18)19/h1-2,5-6,11H,3-4,7-10H2,(H,18,19). The smallest absolute Gasteiger partial charge is 0.303 e. The Morgan fingerprint density at radius 1 is 1.35 bits per heavy atom. The first-order valence-electron chi connectivity index (χ1n) is 6.83. The number of rotatable bonds is 4. The number of carboxylic acids is 1. The van der Waals surface area contributed by atoms with E-state index in [2.05, 4.69) is 0 Å². The Kier molecular flexibility index (Phi) is 4.71. The number of halogens is 1. The molecular weight excluding hydrogens is 261 g/mol. The Morgan fingerprint density at radius 2 is 2.10 bits per heavy atom. The van der Waals surface area contributed by atoms with Gasteiger partial charge in [-0.05, 0) is 37.3 Å². The summed E-state index contributed by atoms with van der Waals surface area (Å²) in [6, 6.07) is 5.96. The minimum absolute atomic E-state index is 0.0892. The van der Waals surface area contributed by atoms with Crippen molar-refractivity contribution in [2.75, 3.05) is 13.1 Å². The van der Waals surface area contributed by atoms with Crippen LogP contribution in [0.2, 0.25) is 0 Å². The highest BCUT2D eigenvalue weighted by atomic mass is 19.1. The molecule has 2 rings (SSSR count). The lowest BCUT2D eigenvalue weighted by molar-refractivity contribution is -0.137. The number of piperidine rings is 1. The van der Waals surface area contributed by atoms with Crippen molar-refractivity contribution in [3.05, 3.63) is 35.6 Å². The van der Waals surface area contributed by atoms with Gasteiger partial charge in [0, 0.05) is 19.5 Å². The minimum atomic E-state index is -0.817. The van der Waals surface area contributed by atoms with E-state index in [0.717, 1.165) is 12.8 Å². The van der Waals surface area contributed by atoms with Crippen LogP contribution in [0.3, 0.4) is 0 Å². The third-order valence-corrected chi connectivity index (χ3v) is 3.68. The zero-order valence-electron chi connectivity index (χ0n) is 11.2. The molecule has 0 bridgehead atoms. The van der Waals surface area contributed by atoms with Crippen LogP contribution in [0.4, 0.5) is 4.39 Å². The maximum absolute atomic E-state index is 13.6. The zero-order valence-corrected chi connectivity index (χ0v) is 11.2. The van der Waals surface area contributed by atoms with E-state index >= 15 is 0 Å². The first-order valence-corrected chi connectivity index (χ1v) is 6.83. The number of nitrogens with zero attached hydrogens (tertiary/aromatic N) is 1. The lowest BCUT2D eigenvalue weighted by Crippen LogP contribution is -2.40. The van der Waals surface area contributed by atoms with Crippen LogP contribution in [0.25, 0.3) is 0 Å². The van der Waals surface area contributed by atoms with E-state index in [-0.39, 0.29) is 23.8 Å². The van der Waals surface area contributed by atoms with Gasteiger partial charge in [-0.25, -0.2) is 4.39 Å². The van der Waals surface area contributed by atoms with Crippen LogP contribution in [-0.2, 0) is 4.79 Å². The molecule has 108 valence electrons. The van der Waals surface area contributed by atoms with Crippen LogP contribution in [-0.4, -0.2) is 35.0 Å². The molecule has 20 heavy (non-hydrogen) atoms. The van der Waals surface area contributed by atoms with E-state index in [1.807, 2.05) is 0 Å². The maximum atomic E-state index is 13.6. The number of carbonyl (C=O) groups is 2. The maximum Gasteiger partial charge on any atom is 0.303 e. The lowest BCUT2D eigenvalue weighted by atomic mass is 9.93. The Hall–Kier alpha value is -1.91. The van der Waals surface area contributed by atoms with Gasteiger partial charge in [-0.3, -0.25) is 9.59 Å². The molecule has 0 saturated carbocycles. The quantitative estimate of drug-likeness (QED) is 0.921. The largest absolute Gasteiger partial charge is 0.481 e. The summed E-state index contributed by atoms with van der Waals surface area (Å²) < 4.78 is 13.6. The minimum Gasteiger partial charge on any atom is -0.481 e. The summed E-state index contributed by atoms with van der Waals surface area (Å²) in [5.74, 6) is -1.44. The lowest BCUT2D eigenvalue weighted by Gasteiger charge is -2.32. The van der Waals surface area contributed by atoms with E-state index < -0.39 is 11.8 Å². The number of amides is 1. The molecule has 1 aliphatic heterocycles. The monoisotopic (exact) mass is 279 g/mol. The molecule has 1 heterocycles. The van der Waals surface area contributed by atoms with Gasteiger partial charge in [0.15, 0.2) is 0 Å². The molecule has 1 unspecified atom stereocenters. The Morgan fingerprint density at radius 3 is 2.80 bits per heavy atom. The van der Waals surface area contributed by atoms with Crippen molar-refractivity contribution < 1.29 is 19.1 Å². The van der Waals surface area contributed by atoms with Crippen LogP contribution in [0.15, 0.2) is 24.3 Å². The van der Waals surface area contributed by atoms with Crippen molar-refractivity contribution >= 4 is 11.9 Å². The van der Waals surface area contributed by atoms with E-state index in [0.29, 0.717) is 19.5 Å². The highest BCUT2D eigenvalue weighted by Crippen LogP contribution is 2.23. The molecule has 0 radical (unpaired) electrons.